The Morgan fingerprint density at radius 1 is 1.38 bits per heavy atom. The van der Waals surface area contributed by atoms with Gasteiger partial charge < -0.3 is 4.74 Å². The Labute approximate surface area is 79.3 Å². The predicted octanol–water partition coefficient (Wildman–Crippen LogP) is 2.91. The van der Waals surface area contributed by atoms with Gasteiger partial charge in [0, 0.05) is 17.0 Å². The number of hydrogen-bond donors (Lipinski definition) is 0. The summed E-state index contributed by atoms with van der Waals surface area (Å²) in [5.74, 6) is -2.32. The first kappa shape index (κ1) is 8.75. The summed E-state index contributed by atoms with van der Waals surface area (Å²) in [5, 5.41) is 0.344. The second-order valence-electron chi connectivity index (χ2n) is 3.04. The minimum Gasteiger partial charge on any atom is -0.487 e. The Kier molecular flexibility index (Phi) is 1.91. The molecule has 0 amide bonds. The van der Waals surface area contributed by atoms with Gasteiger partial charge in [0.2, 0.25) is 0 Å². The molecule has 1 aromatic carbocycles. The molecule has 0 N–H and O–H groups in total. The number of hydrogen-bond acceptors (Lipinski definition) is 1. The lowest BCUT2D eigenvalue weighted by Crippen LogP contribution is -2.32. The van der Waals surface area contributed by atoms with E-state index in [0.29, 0.717) is 16.3 Å². The van der Waals surface area contributed by atoms with E-state index in [9.17, 15) is 8.78 Å². The molecule has 0 aromatic heterocycles. The first-order valence-corrected chi connectivity index (χ1v) is 4.24. The zero-order chi connectivity index (χ0) is 9.47. The smallest absolute Gasteiger partial charge is 0.285 e. The molecule has 1 aliphatic heterocycles. The van der Waals surface area contributed by atoms with E-state index < -0.39 is 12.5 Å². The lowest BCUT2D eigenvalue weighted by Gasteiger charge is -2.25. The number of alkyl halides is 2. The van der Waals surface area contributed by atoms with Crippen LogP contribution in [-0.4, -0.2) is 12.5 Å². The van der Waals surface area contributed by atoms with Crippen molar-refractivity contribution in [1.82, 2.24) is 0 Å². The molecule has 0 unspecified atom stereocenters. The van der Waals surface area contributed by atoms with Crippen LogP contribution in [0, 0.1) is 0 Å². The van der Waals surface area contributed by atoms with E-state index in [1.807, 2.05) is 0 Å². The molecule has 0 radical (unpaired) electrons. The van der Waals surface area contributed by atoms with E-state index >= 15 is 0 Å². The highest BCUT2D eigenvalue weighted by atomic mass is 35.5. The Balaban J connectivity index is 2.44. The maximum atomic E-state index is 12.9. The van der Waals surface area contributed by atoms with Crippen molar-refractivity contribution in [1.29, 1.82) is 0 Å². The Bertz CT molecular complexity index is 338. The summed E-state index contributed by atoms with van der Waals surface area (Å²) in [6, 6.07) is 4.92. The van der Waals surface area contributed by atoms with Crippen LogP contribution in [0.25, 0.3) is 0 Å². The third-order valence-electron chi connectivity index (χ3n) is 1.95. The summed E-state index contributed by atoms with van der Waals surface area (Å²) in [6.07, 6.45) is -0.331. The summed E-state index contributed by atoms with van der Waals surface area (Å²) < 4.78 is 30.6. The molecule has 1 heterocycles. The first-order valence-electron chi connectivity index (χ1n) is 3.86. The molecule has 0 spiro atoms. The lowest BCUT2D eigenvalue weighted by atomic mass is 10.0. The van der Waals surface area contributed by atoms with Gasteiger partial charge in [-0.2, -0.15) is 0 Å². The number of ether oxygens (including phenoxy) is 1. The topological polar surface area (TPSA) is 9.23 Å². The van der Waals surface area contributed by atoms with E-state index in [4.69, 9.17) is 16.3 Å². The molecule has 1 aliphatic rings. The fourth-order valence-electron chi connectivity index (χ4n) is 1.34. The highest BCUT2D eigenvalue weighted by molar-refractivity contribution is 6.31. The normalized spacial score (nSPS) is 19.0. The molecule has 0 bridgehead atoms. The Hall–Kier alpha value is -0.830. The van der Waals surface area contributed by atoms with Crippen molar-refractivity contribution >= 4 is 11.6 Å². The van der Waals surface area contributed by atoms with E-state index in [-0.39, 0.29) is 6.42 Å². The molecule has 0 aliphatic carbocycles. The minimum absolute atomic E-state index is 0.331. The fourth-order valence-corrected chi connectivity index (χ4v) is 1.57. The quantitative estimate of drug-likeness (QED) is 0.632. The van der Waals surface area contributed by atoms with Crippen molar-refractivity contribution in [2.75, 3.05) is 6.61 Å². The van der Waals surface area contributed by atoms with Gasteiger partial charge in [0.1, 0.15) is 5.75 Å². The van der Waals surface area contributed by atoms with Crippen molar-refractivity contribution < 1.29 is 13.5 Å². The SMILES string of the molecule is FC1(F)COc2cccc(Cl)c2C1. The summed E-state index contributed by atoms with van der Waals surface area (Å²) in [6.45, 7) is -0.555. The molecule has 13 heavy (non-hydrogen) atoms. The summed E-state index contributed by atoms with van der Waals surface area (Å²) in [4.78, 5) is 0. The van der Waals surface area contributed by atoms with Gasteiger partial charge in [-0.25, -0.2) is 8.78 Å². The van der Waals surface area contributed by atoms with E-state index in [1.54, 1.807) is 18.2 Å². The summed E-state index contributed by atoms with van der Waals surface area (Å²) >= 11 is 5.76. The molecular weight excluding hydrogens is 198 g/mol. The van der Waals surface area contributed by atoms with Gasteiger partial charge in [-0.15, -0.1) is 0 Å². The largest absolute Gasteiger partial charge is 0.487 e. The van der Waals surface area contributed by atoms with Gasteiger partial charge in [-0.05, 0) is 12.1 Å². The van der Waals surface area contributed by atoms with Gasteiger partial charge in [-0.3, -0.25) is 0 Å². The van der Waals surface area contributed by atoms with E-state index in [2.05, 4.69) is 0 Å². The molecule has 0 atom stereocenters. The van der Waals surface area contributed by atoms with Crippen LogP contribution in [0.1, 0.15) is 5.56 Å². The average Bonchev–Trinajstić information content (AvgIpc) is 2.06. The number of fused-ring (bicyclic) bond motifs is 1. The highest BCUT2D eigenvalue weighted by Crippen LogP contribution is 2.36. The van der Waals surface area contributed by atoms with Crippen molar-refractivity contribution in [3.63, 3.8) is 0 Å². The zero-order valence-electron chi connectivity index (χ0n) is 6.69. The molecule has 2 rings (SSSR count). The van der Waals surface area contributed by atoms with Gasteiger partial charge in [-0.1, -0.05) is 17.7 Å². The maximum Gasteiger partial charge on any atom is 0.285 e. The van der Waals surface area contributed by atoms with Crippen LogP contribution in [0.4, 0.5) is 8.78 Å². The molecule has 0 fully saturated rings. The van der Waals surface area contributed by atoms with Crippen molar-refractivity contribution in [2.24, 2.45) is 0 Å². The number of halogens is 3. The van der Waals surface area contributed by atoms with Crippen LogP contribution in [0.15, 0.2) is 18.2 Å². The van der Waals surface area contributed by atoms with Crippen LogP contribution in [-0.2, 0) is 6.42 Å². The Morgan fingerprint density at radius 3 is 2.92 bits per heavy atom. The second-order valence-corrected chi connectivity index (χ2v) is 3.45. The average molecular weight is 205 g/mol. The predicted molar refractivity (Wildman–Crippen MR) is 45.6 cm³/mol. The zero-order valence-corrected chi connectivity index (χ0v) is 7.44. The Morgan fingerprint density at radius 2 is 2.15 bits per heavy atom. The molecule has 4 heteroatoms. The highest BCUT2D eigenvalue weighted by Gasteiger charge is 2.36. The fraction of sp³-hybridized carbons (Fsp3) is 0.333. The molecule has 70 valence electrons. The van der Waals surface area contributed by atoms with Gasteiger partial charge in [0.05, 0.1) is 0 Å². The third kappa shape index (κ3) is 1.61. The molecule has 0 saturated heterocycles. The van der Waals surface area contributed by atoms with Gasteiger partial charge in [0.25, 0.3) is 5.92 Å². The molecule has 0 saturated carbocycles. The van der Waals surface area contributed by atoms with Crippen molar-refractivity contribution in [3.8, 4) is 5.75 Å². The number of benzene rings is 1. The maximum absolute atomic E-state index is 12.9. The van der Waals surface area contributed by atoms with E-state index in [0.717, 1.165) is 0 Å². The summed E-state index contributed by atoms with van der Waals surface area (Å²) in [5.41, 5.74) is 0.403. The van der Waals surface area contributed by atoms with Crippen LogP contribution >= 0.6 is 11.6 Å². The summed E-state index contributed by atoms with van der Waals surface area (Å²) in [7, 11) is 0. The lowest BCUT2D eigenvalue weighted by molar-refractivity contribution is -0.0514. The number of rotatable bonds is 0. The van der Waals surface area contributed by atoms with Crippen LogP contribution < -0.4 is 4.74 Å². The van der Waals surface area contributed by atoms with Crippen molar-refractivity contribution in [2.45, 2.75) is 12.3 Å². The second kappa shape index (κ2) is 2.84. The molecule has 1 aromatic rings. The minimum atomic E-state index is -2.79. The van der Waals surface area contributed by atoms with Gasteiger partial charge >= 0.3 is 0 Å². The molecular formula is C9H7ClF2O. The van der Waals surface area contributed by atoms with E-state index in [1.165, 1.54) is 0 Å². The van der Waals surface area contributed by atoms with Crippen LogP contribution in [0.2, 0.25) is 5.02 Å². The molecule has 1 nitrogen and oxygen atoms in total. The van der Waals surface area contributed by atoms with Crippen molar-refractivity contribution in [3.05, 3.63) is 28.8 Å². The monoisotopic (exact) mass is 204 g/mol. The van der Waals surface area contributed by atoms with Gasteiger partial charge in [0.15, 0.2) is 6.61 Å². The third-order valence-corrected chi connectivity index (χ3v) is 2.30. The van der Waals surface area contributed by atoms with Crippen LogP contribution in [0.5, 0.6) is 5.75 Å². The van der Waals surface area contributed by atoms with Crippen LogP contribution in [0.3, 0.4) is 0 Å². The first-order chi connectivity index (χ1) is 6.08. The standard InChI is InChI=1S/C9H7ClF2O/c10-7-2-1-3-8-6(7)4-9(11,12)5-13-8/h1-3H,4-5H2.